The Kier molecular flexibility index (Phi) is 16.3. The highest BCUT2D eigenvalue weighted by atomic mass is 16.5. The maximum absolute atomic E-state index is 12.2. The largest absolute Gasteiger partial charge is 0.383 e. The zero-order valence-corrected chi connectivity index (χ0v) is 15.1. The minimum absolute atomic E-state index is 0.233. The van der Waals surface area contributed by atoms with Gasteiger partial charge in [0.1, 0.15) is 0 Å². The van der Waals surface area contributed by atoms with E-state index in [1.165, 1.54) is 51.4 Å². The second-order valence-electron chi connectivity index (χ2n) is 5.94. The summed E-state index contributed by atoms with van der Waals surface area (Å²) < 4.78 is 10.1. The molecular formula is C18H37NO3. The van der Waals surface area contributed by atoms with Gasteiger partial charge in [-0.05, 0) is 6.42 Å². The molecule has 0 rings (SSSR count). The maximum Gasteiger partial charge on any atom is 0.222 e. The van der Waals surface area contributed by atoms with E-state index in [-0.39, 0.29) is 5.91 Å². The van der Waals surface area contributed by atoms with Gasteiger partial charge < -0.3 is 14.4 Å². The summed E-state index contributed by atoms with van der Waals surface area (Å²) in [5, 5.41) is 0. The summed E-state index contributed by atoms with van der Waals surface area (Å²) in [6, 6.07) is 0. The molecule has 0 aromatic heterocycles. The Labute approximate surface area is 137 Å². The molecule has 0 fully saturated rings. The SMILES string of the molecule is CCCCCCCCCCCC(=O)N(CCOC)CCOC. The van der Waals surface area contributed by atoms with Gasteiger partial charge in [0.15, 0.2) is 0 Å². The van der Waals surface area contributed by atoms with E-state index < -0.39 is 0 Å². The lowest BCUT2D eigenvalue weighted by Crippen LogP contribution is -2.36. The van der Waals surface area contributed by atoms with Crippen molar-refractivity contribution in [2.45, 2.75) is 71.1 Å². The first-order valence-corrected chi connectivity index (χ1v) is 9.01. The van der Waals surface area contributed by atoms with Gasteiger partial charge in [0.05, 0.1) is 13.2 Å². The smallest absolute Gasteiger partial charge is 0.222 e. The molecule has 0 bridgehead atoms. The average Bonchev–Trinajstić information content (AvgIpc) is 2.53. The summed E-state index contributed by atoms with van der Waals surface area (Å²) >= 11 is 0. The van der Waals surface area contributed by atoms with Gasteiger partial charge in [-0.1, -0.05) is 58.3 Å². The molecule has 0 aromatic rings. The van der Waals surface area contributed by atoms with E-state index in [2.05, 4.69) is 6.92 Å². The molecular weight excluding hydrogens is 278 g/mol. The van der Waals surface area contributed by atoms with Crippen molar-refractivity contribution < 1.29 is 14.3 Å². The van der Waals surface area contributed by atoms with Crippen molar-refractivity contribution in [2.24, 2.45) is 0 Å². The predicted molar refractivity (Wildman–Crippen MR) is 92.2 cm³/mol. The molecule has 0 aliphatic rings. The van der Waals surface area contributed by atoms with Crippen LogP contribution in [0.25, 0.3) is 0 Å². The van der Waals surface area contributed by atoms with Crippen LogP contribution in [0.1, 0.15) is 71.1 Å². The van der Waals surface area contributed by atoms with E-state index >= 15 is 0 Å². The Hall–Kier alpha value is -0.610. The third-order valence-corrected chi connectivity index (χ3v) is 3.98. The van der Waals surface area contributed by atoms with Crippen molar-refractivity contribution in [1.29, 1.82) is 0 Å². The Morgan fingerprint density at radius 1 is 0.773 bits per heavy atom. The van der Waals surface area contributed by atoms with Crippen molar-refractivity contribution in [3.63, 3.8) is 0 Å². The summed E-state index contributed by atoms with van der Waals surface area (Å²) in [5.41, 5.74) is 0. The van der Waals surface area contributed by atoms with Gasteiger partial charge in [-0.15, -0.1) is 0 Å². The normalized spacial score (nSPS) is 10.9. The van der Waals surface area contributed by atoms with Gasteiger partial charge in [0.2, 0.25) is 5.91 Å². The number of hydrogen-bond acceptors (Lipinski definition) is 3. The van der Waals surface area contributed by atoms with E-state index in [4.69, 9.17) is 9.47 Å². The molecule has 0 spiro atoms. The molecule has 0 aliphatic carbocycles. The molecule has 1 amide bonds. The van der Waals surface area contributed by atoms with Crippen LogP contribution in [0.3, 0.4) is 0 Å². The fourth-order valence-electron chi connectivity index (χ4n) is 2.51. The minimum atomic E-state index is 0.233. The predicted octanol–water partition coefficient (Wildman–Crippen LogP) is 4.03. The third-order valence-electron chi connectivity index (χ3n) is 3.98. The molecule has 0 atom stereocenters. The van der Waals surface area contributed by atoms with E-state index in [0.29, 0.717) is 32.7 Å². The molecule has 4 heteroatoms. The lowest BCUT2D eigenvalue weighted by atomic mass is 10.1. The molecule has 4 nitrogen and oxygen atoms in total. The highest BCUT2D eigenvalue weighted by Crippen LogP contribution is 2.11. The number of rotatable bonds is 16. The quantitative estimate of drug-likeness (QED) is 0.404. The first-order chi connectivity index (χ1) is 10.8. The van der Waals surface area contributed by atoms with Gasteiger partial charge in [0.25, 0.3) is 0 Å². The molecule has 0 unspecified atom stereocenters. The van der Waals surface area contributed by atoms with Crippen LogP contribution in [-0.4, -0.2) is 51.3 Å². The van der Waals surface area contributed by atoms with Gasteiger partial charge in [-0.2, -0.15) is 0 Å². The molecule has 22 heavy (non-hydrogen) atoms. The summed E-state index contributed by atoms with van der Waals surface area (Å²) in [4.78, 5) is 14.0. The van der Waals surface area contributed by atoms with Crippen LogP contribution in [0.5, 0.6) is 0 Å². The van der Waals surface area contributed by atoms with Crippen LogP contribution in [-0.2, 0) is 14.3 Å². The number of carbonyl (C=O) groups excluding carboxylic acids is 1. The van der Waals surface area contributed by atoms with Crippen molar-refractivity contribution in [3.8, 4) is 0 Å². The fraction of sp³-hybridized carbons (Fsp3) is 0.944. The monoisotopic (exact) mass is 315 g/mol. The number of nitrogens with zero attached hydrogens (tertiary/aromatic N) is 1. The van der Waals surface area contributed by atoms with Crippen LogP contribution in [0.2, 0.25) is 0 Å². The van der Waals surface area contributed by atoms with Crippen molar-refractivity contribution in [2.75, 3.05) is 40.5 Å². The molecule has 0 aliphatic heterocycles. The topological polar surface area (TPSA) is 38.8 Å². The molecule has 0 N–H and O–H groups in total. The van der Waals surface area contributed by atoms with Gasteiger partial charge in [-0.3, -0.25) is 4.79 Å². The number of amides is 1. The van der Waals surface area contributed by atoms with E-state index in [1.54, 1.807) is 14.2 Å². The lowest BCUT2D eigenvalue weighted by Gasteiger charge is -2.22. The zero-order valence-electron chi connectivity index (χ0n) is 15.1. The minimum Gasteiger partial charge on any atom is -0.383 e. The van der Waals surface area contributed by atoms with Crippen LogP contribution in [0.4, 0.5) is 0 Å². The molecule has 132 valence electrons. The number of hydrogen-bond donors (Lipinski definition) is 0. The Morgan fingerprint density at radius 2 is 1.23 bits per heavy atom. The molecule has 0 radical (unpaired) electrons. The first-order valence-electron chi connectivity index (χ1n) is 9.01. The summed E-state index contributed by atoms with van der Waals surface area (Å²) in [7, 11) is 3.33. The number of carbonyl (C=O) groups is 1. The molecule has 0 saturated heterocycles. The van der Waals surface area contributed by atoms with Crippen LogP contribution in [0.15, 0.2) is 0 Å². The average molecular weight is 315 g/mol. The Bertz CT molecular complexity index is 238. The molecule has 0 saturated carbocycles. The highest BCUT2D eigenvalue weighted by Gasteiger charge is 2.12. The second kappa shape index (κ2) is 16.8. The third kappa shape index (κ3) is 13.1. The summed E-state index contributed by atoms with van der Waals surface area (Å²) in [6.07, 6.45) is 12.2. The van der Waals surface area contributed by atoms with E-state index in [0.717, 1.165) is 6.42 Å². The summed E-state index contributed by atoms with van der Waals surface area (Å²) in [5.74, 6) is 0.233. The molecule has 0 aromatic carbocycles. The Morgan fingerprint density at radius 3 is 1.68 bits per heavy atom. The maximum atomic E-state index is 12.2. The van der Waals surface area contributed by atoms with Gasteiger partial charge in [-0.25, -0.2) is 0 Å². The van der Waals surface area contributed by atoms with Gasteiger partial charge in [0, 0.05) is 33.7 Å². The number of unbranched alkanes of at least 4 members (excludes halogenated alkanes) is 8. The van der Waals surface area contributed by atoms with Crippen LogP contribution < -0.4 is 0 Å². The first kappa shape index (κ1) is 21.4. The standard InChI is InChI=1S/C18H37NO3/c1-4-5-6-7-8-9-10-11-12-13-18(20)19(14-16-21-2)15-17-22-3/h4-17H2,1-3H3. The highest BCUT2D eigenvalue weighted by molar-refractivity contribution is 5.76. The second-order valence-corrected chi connectivity index (χ2v) is 5.94. The molecule has 0 heterocycles. The fourth-order valence-corrected chi connectivity index (χ4v) is 2.51. The van der Waals surface area contributed by atoms with Crippen molar-refractivity contribution >= 4 is 5.91 Å². The number of ether oxygens (including phenoxy) is 2. The van der Waals surface area contributed by atoms with Gasteiger partial charge >= 0.3 is 0 Å². The van der Waals surface area contributed by atoms with Crippen LogP contribution in [0, 0.1) is 0 Å². The summed E-state index contributed by atoms with van der Waals surface area (Å²) in [6.45, 7) is 4.76. The number of methoxy groups -OCH3 is 2. The van der Waals surface area contributed by atoms with E-state index in [9.17, 15) is 4.79 Å². The lowest BCUT2D eigenvalue weighted by molar-refractivity contribution is -0.132. The van der Waals surface area contributed by atoms with Crippen molar-refractivity contribution in [1.82, 2.24) is 4.90 Å². The van der Waals surface area contributed by atoms with E-state index in [1.807, 2.05) is 4.90 Å². The Balaban J connectivity index is 3.61. The van der Waals surface area contributed by atoms with Crippen LogP contribution >= 0.6 is 0 Å². The zero-order chi connectivity index (χ0) is 16.5. The van der Waals surface area contributed by atoms with Crippen molar-refractivity contribution in [3.05, 3.63) is 0 Å².